The Balaban J connectivity index is 1.83. The smallest absolute Gasteiger partial charge is 0.313 e. The average molecular weight is 360 g/mol. The van der Waals surface area contributed by atoms with Crippen LogP contribution < -0.4 is 0 Å². The molecule has 0 heterocycles. The van der Waals surface area contributed by atoms with Gasteiger partial charge in [-0.25, -0.2) is 4.79 Å². The van der Waals surface area contributed by atoms with Gasteiger partial charge in [-0.2, -0.15) is 0 Å². The van der Waals surface area contributed by atoms with E-state index in [1.54, 1.807) is 36.4 Å². The monoisotopic (exact) mass is 360 g/mol. The fourth-order valence-electron chi connectivity index (χ4n) is 2.47. The van der Waals surface area contributed by atoms with E-state index in [0.29, 0.717) is 17.7 Å². The van der Waals surface area contributed by atoms with Gasteiger partial charge in [0.1, 0.15) is 0 Å². The second-order valence-electron chi connectivity index (χ2n) is 5.75. The minimum absolute atomic E-state index is 0.0208. The summed E-state index contributed by atoms with van der Waals surface area (Å²) in [7, 11) is 0. The van der Waals surface area contributed by atoms with Crippen LogP contribution in [-0.4, -0.2) is 16.6 Å². The molecule has 0 spiro atoms. The van der Waals surface area contributed by atoms with Gasteiger partial charge in [-0.05, 0) is 23.3 Å². The average Bonchev–Trinajstić information content (AvgIpc) is 2.72. The van der Waals surface area contributed by atoms with Gasteiger partial charge in [-0.15, -0.1) is 0 Å². The standard InChI is InChI=1S/C21H16N2O4/c24-21(18-9-5-2-6-10-18)27-22-20(17-7-3-1-4-8-17)15-16-11-13-19(14-12-16)23(25)26/h1-14H,15H2/b22-20+. The van der Waals surface area contributed by atoms with E-state index in [4.69, 9.17) is 4.84 Å². The third-order valence-electron chi connectivity index (χ3n) is 3.87. The maximum Gasteiger partial charge on any atom is 0.365 e. The van der Waals surface area contributed by atoms with Crippen LogP contribution in [0.2, 0.25) is 0 Å². The van der Waals surface area contributed by atoms with Crippen LogP contribution in [0.3, 0.4) is 0 Å². The Labute approximate surface area is 155 Å². The summed E-state index contributed by atoms with van der Waals surface area (Å²) in [5.74, 6) is -0.548. The molecule has 3 rings (SSSR count). The maximum atomic E-state index is 12.1. The first-order valence-electron chi connectivity index (χ1n) is 8.25. The first-order valence-corrected chi connectivity index (χ1v) is 8.25. The lowest BCUT2D eigenvalue weighted by molar-refractivity contribution is -0.384. The van der Waals surface area contributed by atoms with E-state index in [1.807, 2.05) is 36.4 Å². The van der Waals surface area contributed by atoms with Gasteiger partial charge in [0, 0.05) is 18.6 Å². The summed E-state index contributed by atoms with van der Waals surface area (Å²) in [5.41, 5.74) is 2.60. The molecule has 0 bridgehead atoms. The third-order valence-corrected chi connectivity index (χ3v) is 3.87. The summed E-state index contributed by atoms with van der Waals surface area (Å²) in [4.78, 5) is 27.6. The van der Waals surface area contributed by atoms with Crippen molar-refractivity contribution in [2.75, 3.05) is 0 Å². The number of hydrogen-bond donors (Lipinski definition) is 0. The zero-order chi connectivity index (χ0) is 19.1. The Morgan fingerprint density at radius 2 is 1.41 bits per heavy atom. The molecule has 3 aromatic rings. The molecule has 0 atom stereocenters. The molecule has 3 aromatic carbocycles. The van der Waals surface area contributed by atoms with Gasteiger partial charge in [-0.3, -0.25) is 10.1 Å². The Morgan fingerprint density at radius 1 is 0.852 bits per heavy atom. The molecule has 0 aliphatic heterocycles. The van der Waals surface area contributed by atoms with E-state index < -0.39 is 10.9 Å². The number of nitrogens with zero attached hydrogens (tertiary/aromatic N) is 2. The van der Waals surface area contributed by atoms with Crippen molar-refractivity contribution in [2.24, 2.45) is 5.16 Å². The van der Waals surface area contributed by atoms with Gasteiger partial charge >= 0.3 is 5.97 Å². The second-order valence-corrected chi connectivity index (χ2v) is 5.75. The number of carbonyl (C=O) groups is 1. The normalized spacial score (nSPS) is 11.0. The molecule has 0 fully saturated rings. The predicted molar refractivity (Wildman–Crippen MR) is 102 cm³/mol. The maximum absolute atomic E-state index is 12.1. The Bertz CT molecular complexity index is 952. The fraction of sp³-hybridized carbons (Fsp3) is 0.0476. The fourth-order valence-corrected chi connectivity index (χ4v) is 2.47. The zero-order valence-electron chi connectivity index (χ0n) is 14.3. The highest BCUT2D eigenvalue weighted by Gasteiger charge is 2.11. The number of carbonyl (C=O) groups excluding carboxylic acids is 1. The minimum Gasteiger partial charge on any atom is -0.313 e. The van der Waals surface area contributed by atoms with E-state index in [1.165, 1.54) is 12.1 Å². The molecule has 0 N–H and O–H groups in total. The van der Waals surface area contributed by atoms with Crippen LogP contribution in [0.1, 0.15) is 21.5 Å². The third kappa shape index (κ3) is 4.85. The van der Waals surface area contributed by atoms with Gasteiger partial charge in [0.25, 0.3) is 5.69 Å². The molecule has 134 valence electrons. The summed E-state index contributed by atoms with van der Waals surface area (Å²) in [5, 5.41) is 14.8. The van der Waals surface area contributed by atoms with E-state index in [0.717, 1.165) is 11.1 Å². The summed E-state index contributed by atoms with van der Waals surface area (Å²) < 4.78 is 0. The Kier molecular flexibility index (Phi) is 5.69. The molecule has 0 amide bonds. The number of oxime groups is 1. The number of hydrogen-bond acceptors (Lipinski definition) is 5. The molecular weight excluding hydrogens is 344 g/mol. The lowest BCUT2D eigenvalue weighted by Crippen LogP contribution is -2.09. The number of rotatable bonds is 6. The SMILES string of the molecule is O=C(O/N=C(\Cc1ccc([N+](=O)[O-])cc1)c1ccccc1)c1ccccc1. The molecule has 0 saturated heterocycles. The van der Waals surface area contributed by atoms with E-state index in [-0.39, 0.29) is 5.69 Å². The highest BCUT2D eigenvalue weighted by Crippen LogP contribution is 2.15. The van der Waals surface area contributed by atoms with Crippen molar-refractivity contribution in [3.05, 3.63) is 112 Å². The number of nitro benzene ring substituents is 1. The zero-order valence-corrected chi connectivity index (χ0v) is 14.3. The molecule has 0 saturated carbocycles. The second kappa shape index (κ2) is 8.53. The van der Waals surface area contributed by atoms with E-state index >= 15 is 0 Å². The largest absolute Gasteiger partial charge is 0.365 e. The molecular formula is C21H16N2O4. The van der Waals surface area contributed by atoms with Crippen molar-refractivity contribution in [1.29, 1.82) is 0 Å². The van der Waals surface area contributed by atoms with Gasteiger partial charge in [-0.1, -0.05) is 65.8 Å². The van der Waals surface area contributed by atoms with Crippen molar-refractivity contribution < 1.29 is 14.6 Å². The highest BCUT2D eigenvalue weighted by molar-refractivity contribution is 6.02. The molecule has 27 heavy (non-hydrogen) atoms. The van der Waals surface area contributed by atoms with Crippen LogP contribution in [0.15, 0.2) is 90.1 Å². The quantitative estimate of drug-likeness (QED) is 0.282. The molecule has 0 radical (unpaired) electrons. The van der Waals surface area contributed by atoms with Crippen LogP contribution in [-0.2, 0) is 11.3 Å². The van der Waals surface area contributed by atoms with Gasteiger partial charge in [0.2, 0.25) is 0 Å². The number of nitro groups is 1. The van der Waals surface area contributed by atoms with Crippen LogP contribution in [0.25, 0.3) is 0 Å². The summed E-state index contributed by atoms with van der Waals surface area (Å²) in [6.45, 7) is 0. The first-order chi connectivity index (χ1) is 13.1. The first kappa shape index (κ1) is 18.0. The van der Waals surface area contributed by atoms with Crippen LogP contribution >= 0.6 is 0 Å². The predicted octanol–water partition coefficient (Wildman–Crippen LogP) is 4.40. The van der Waals surface area contributed by atoms with Crippen LogP contribution in [0.4, 0.5) is 5.69 Å². The topological polar surface area (TPSA) is 81.8 Å². The molecule has 6 heteroatoms. The molecule has 6 nitrogen and oxygen atoms in total. The lowest BCUT2D eigenvalue weighted by Gasteiger charge is -2.07. The van der Waals surface area contributed by atoms with Crippen molar-refractivity contribution in [2.45, 2.75) is 6.42 Å². The molecule has 0 aliphatic carbocycles. The van der Waals surface area contributed by atoms with Crippen molar-refractivity contribution >= 4 is 17.4 Å². The van der Waals surface area contributed by atoms with E-state index in [2.05, 4.69) is 5.16 Å². The van der Waals surface area contributed by atoms with Crippen molar-refractivity contribution in [3.63, 3.8) is 0 Å². The van der Waals surface area contributed by atoms with Crippen molar-refractivity contribution in [3.8, 4) is 0 Å². The van der Waals surface area contributed by atoms with E-state index in [9.17, 15) is 14.9 Å². The number of non-ortho nitro benzene ring substituents is 1. The molecule has 0 aromatic heterocycles. The Hall–Kier alpha value is -3.80. The summed E-state index contributed by atoms with van der Waals surface area (Å²) >= 11 is 0. The molecule has 0 aliphatic rings. The minimum atomic E-state index is -0.548. The highest BCUT2D eigenvalue weighted by atomic mass is 16.7. The Morgan fingerprint density at radius 3 is 1.96 bits per heavy atom. The van der Waals surface area contributed by atoms with Gasteiger partial charge in [0.15, 0.2) is 0 Å². The molecule has 0 unspecified atom stereocenters. The van der Waals surface area contributed by atoms with Gasteiger partial charge < -0.3 is 4.84 Å². The lowest BCUT2D eigenvalue weighted by atomic mass is 10.0. The van der Waals surface area contributed by atoms with Crippen LogP contribution in [0, 0.1) is 10.1 Å². The van der Waals surface area contributed by atoms with Crippen LogP contribution in [0.5, 0.6) is 0 Å². The van der Waals surface area contributed by atoms with Gasteiger partial charge in [0.05, 0.1) is 16.2 Å². The number of benzene rings is 3. The van der Waals surface area contributed by atoms with Crippen molar-refractivity contribution in [1.82, 2.24) is 0 Å². The summed E-state index contributed by atoms with van der Waals surface area (Å²) in [6.07, 6.45) is 0.365. The summed E-state index contributed by atoms with van der Waals surface area (Å²) in [6, 6.07) is 24.1.